The fraction of sp³-hybridized carbons (Fsp3) is 0.867. The van der Waals surface area contributed by atoms with E-state index in [2.05, 4.69) is 19.2 Å². The van der Waals surface area contributed by atoms with E-state index in [1.165, 1.54) is 11.8 Å². The van der Waals surface area contributed by atoms with E-state index >= 15 is 0 Å². The van der Waals surface area contributed by atoms with Crippen molar-refractivity contribution in [3.8, 4) is 0 Å². The third-order valence-corrected chi connectivity index (χ3v) is 3.84. The lowest BCUT2D eigenvalue weighted by molar-refractivity contribution is -0.147. The lowest BCUT2D eigenvalue weighted by Gasteiger charge is -2.15. The number of thioether (sulfide) groups is 1. The van der Waals surface area contributed by atoms with Gasteiger partial charge in [-0.25, -0.2) is 0 Å². The molecule has 1 amide bonds. The molecule has 0 aliphatic heterocycles. The van der Waals surface area contributed by atoms with Crippen LogP contribution in [0, 0.1) is 11.8 Å². The van der Waals surface area contributed by atoms with E-state index in [0.717, 1.165) is 6.42 Å². The van der Waals surface area contributed by atoms with Crippen LogP contribution >= 0.6 is 11.8 Å². The number of esters is 1. The first kappa shape index (κ1) is 19.3. The molecule has 0 aromatic heterocycles. The van der Waals surface area contributed by atoms with Gasteiger partial charge in [-0.15, -0.1) is 11.8 Å². The maximum Gasteiger partial charge on any atom is 0.308 e. The predicted molar refractivity (Wildman–Crippen MR) is 84.8 cm³/mol. The van der Waals surface area contributed by atoms with E-state index in [1.807, 2.05) is 27.7 Å². The second kappa shape index (κ2) is 10.1. The van der Waals surface area contributed by atoms with Crippen LogP contribution in [0.1, 0.15) is 48.0 Å². The van der Waals surface area contributed by atoms with Crippen LogP contribution < -0.4 is 5.32 Å². The summed E-state index contributed by atoms with van der Waals surface area (Å²) in [7, 11) is 0. The van der Waals surface area contributed by atoms with Crippen molar-refractivity contribution >= 4 is 23.6 Å². The molecule has 2 unspecified atom stereocenters. The zero-order chi connectivity index (χ0) is 15.7. The highest BCUT2D eigenvalue weighted by atomic mass is 32.2. The van der Waals surface area contributed by atoms with Crippen LogP contribution in [0.15, 0.2) is 0 Å². The third kappa shape index (κ3) is 9.23. The molecule has 0 aromatic rings. The second-order valence-electron chi connectivity index (χ2n) is 5.87. The molecule has 4 nitrogen and oxygen atoms in total. The summed E-state index contributed by atoms with van der Waals surface area (Å²) in [6.45, 7) is 12.2. The Balaban J connectivity index is 3.80. The Kier molecular flexibility index (Phi) is 9.72. The summed E-state index contributed by atoms with van der Waals surface area (Å²) in [5.41, 5.74) is 0. The number of amides is 1. The molecule has 0 fully saturated rings. The quantitative estimate of drug-likeness (QED) is 0.525. The lowest BCUT2D eigenvalue weighted by atomic mass is 9.99. The Morgan fingerprint density at radius 1 is 1.10 bits per heavy atom. The number of nitrogens with one attached hydrogen (secondary N) is 1. The Hall–Kier alpha value is -0.710. The fourth-order valence-corrected chi connectivity index (χ4v) is 2.54. The van der Waals surface area contributed by atoms with E-state index in [-0.39, 0.29) is 29.1 Å². The van der Waals surface area contributed by atoms with E-state index in [0.29, 0.717) is 18.3 Å². The summed E-state index contributed by atoms with van der Waals surface area (Å²) < 4.78 is 5.22. The van der Waals surface area contributed by atoms with Gasteiger partial charge >= 0.3 is 5.97 Å². The van der Waals surface area contributed by atoms with Gasteiger partial charge in [0.15, 0.2) is 0 Å². The fourth-order valence-electron chi connectivity index (χ4n) is 1.79. The second-order valence-corrected chi connectivity index (χ2v) is 7.32. The molecule has 0 saturated heterocycles. The SMILES string of the molecule is CC(C)CC(C)C(=O)OCCSC(C)C(=O)NC(C)C. The summed E-state index contributed by atoms with van der Waals surface area (Å²) in [6.07, 6.45) is 0.846. The number of carbonyl (C=O) groups excluding carboxylic acids is 2. The van der Waals surface area contributed by atoms with Gasteiger partial charge in [0.25, 0.3) is 0 Å². The molecule has 0 saturated carbocycles. The molecule has 2 atom stereocenters. The first-order chi connectivity index (χ1) is 9.23. The van der Waals surface area contributed by atoms with Gasteiger partial charge in [0.1, 0.15) is 6.61 Å². The van der Waals surface area contributed by atoms with Crippen molar-refractivity contribution in [2.24, 2.45) is 11.8 Å². The number of rotatable bonds is 9. The highest BCUT2D eigenvalue weighted by Gasteiger charge is 2.17. The van der Waals surface area contributed by atoms with Crippen molar-refractivity contribution in [2.75, 3.05) is 12.4 Å². The van der Waals surface area contributed by atoms with Gasteiger partial charge < -0.3 is 10.1 Å². The third-order valence-electron chi connectivity index (χ3n) is 2.72. The van der Waals surface area contributed by atoms with Crippen molar-refractivity contribution < 1.29 is 14.3 Å². The summed E-state index contributed by atoms with van der Waals surface area (Å²) >= 11 is 1.50. The number of hydrogen-bond donors (Lipinski definition) is 1. The smallest absolute Gasteiger partial charge is 0.308 e. The van der Waals surface area contributed by atoms with Gasteiger partial charge in [-0.1, -0.05) is 20.8 Å². The number of carbonyl (C=O) groups is 2. The van der Waals surface area contributed by atoms with E-state index in [1.54, 1.807) is 0 Å². The van der Waals surface area contributed by atoms with E-state index in [9.17, 15) is 9.59 Å². The molecular formula is C15H29NO3S. The summed E-state index contributed by atoms with van der Waals surface area (Å²) in [4.78, 5) is 23.4. The van der Waals surface area contributed by atoms with E-state index < -0.39 is 0 Å². The molecule has 0 radical (unpaired) electrons. The topological polar surface area (TPSA) is 55.4 Å². The van der Waals surface area contributed by atoms with Crippen LogP contribution in [0.3, 0.4) is 0 Å². The molecule has 0 rings (SSSR count). The van der Waals surface area contributed by atoms with Crippen LogP contribution in [0.2, 0.25) is 0 Å². The van der Waals surface area contributed by atoms with Crippen molar-refractivity contribution in [1.29, 1.82) is 0 Å². The first-order valence-corrected chi connectivity index (χ1v) is 8.37. The molecule has 0 bridgehead atoms. The van der Waals surface area contributed by atoms with Gasteiger partial charge in [0, 0.05) is 11.8 Å². The summed E-state index contributed by atoms with van der Waals surface area (Å²) in [6, 6.07) is 0.153. The average Bonchev–Trinajstić information content (AvgIpc) is 2.32. The molecule has 5 heteroatoms. The van der Waals surface area contributed by atoms with Gasteiger partial charge in [-0.3, -0.25) is 9.59 Å². The van der Waals surface area contributed by atoms with Crippen LogP contribution in [-0.4, -0.2) is 35.5 Å². The molecule has 0 aromatic carbocycles. The largest absolute Gasteiger partial charge is 0.465 e. The van der Waals surface area contributed by atoms with E-state index in [4.69, 9.17) is 4.74 Å². The maximum atomic E-state index is 11.7. The molecule has 0 spiro atoms. The monoisotopic (exact) mass is 303 g/mol. The summed E-state index contributed by atoms with van der Waals surface area (Å²) in [5.74, 6) is 0.976. The number of ether oxygens (including phenoxy) is 1. The molecule has 0 heterocycles. The first-order valence-electron chi connectivity index (χ1n) is 7.32. The predicted octanol–water partition coefficient (Wildman–Crippen LogP) is 2.86. The Labute approximate surface area is 127 Å². The minimum atomic E-state index is -0.140. The van der Waals surface area contributed by atoms with Crippen molar-refractivity contribution in [2.45, 2.75) is 59.3 Å². The Morgan fingerprint density at radius 3 is 2.20 bits per heavy atom. The van der Waals surface area contributed by atoms with Crippen LogP contribution in [0.5, 0.6) is 0 Å². The lowest BCUT2D eigenvalue weighted by Crippen LogP contribution is -2.36. The standard InChI is InChI=1S/C15H29NO3S/c1-10(2)9-12(5)15(18)19-7-8-20-13(6)14(17)16-11(3)4/h10-13H,7-9H2,1-6H3,(H,16,17). The highest BCUT2D eigenvalue weighted by molar-refractivity contribution is 8.00. The van der Waals surface area contributed by atoms with Crippen LogP contribution in [0.4, 0.5) is 0 Å². The molecule has 0 aliphatic rings. The Bertz CT molecular complexity index is 305. The van der Waals surface area contributed by atoms with Gasteiger partial charge in [-0.2, -0.15) is 0 Å². The van der Waals surface area contributed by atoms with Crippen molar-refractivity contribution in [3.05, 3.63) is 0 Å². The molecule has 118 valence electrons. The molecule has 1 N–H and O–H groups in total. The normalized spacial score (nSPS) is 14.2. The van der Waals surface area contributed by atoms with Crippen molar-refractivity contribution in [1.82, 2.24) is 5.32 Å². The van der Waals surface area contributed by atoms with Gasteiger partial charge in [0.2, 0.25) is 5.91 Å². The van der Waals surface area contributed by atoms with Crippen molar-refractivity contribution in [3.63, 3.8) is 0 Å². The average molecular weight is 303 g/mol. The Morgan fingerprint density at radius 2 is 1.70 bits per heavy atom. The number of hydrogen-bond acceptors (Lipinski definition) is 4. The van der Waals surface area contributed by atoms with Crippen LogP contribution in [-0.2, 0) is 14.3 Å². The highest BCUT2D eigenvalue weighted by Crippen LogP contribution is 2.14. The van der Waals surface area contributed by atoms with Crippen LogP contribution in [0.25, 0.3) is 0 Å². The minimum Gasteiger partial charge on any atom is -0.465 e. The molecular weight excluding hydrogens is 274 g/mol. The van der Waals surface area contributed by atoms with Gasteiger partial charge in [0.05, 0.1) is 11.2 Å². The maximum absolute atomic E-state index is 11.7. The minimum absolute atomic E-state index is 0.0319. The van der Waals surface area contributed by atoms with Gasteiger partial charge in [-0.05, 0) is 33.1 Å². The molecule has 20 heavy (non-hydrogen) atoms. The summed E-state index contributed by atoms with van der Waals surface area (Å²) in [5, 5.41) is 2.74. The zero-order valence-corrected chi connectivity index (χ0v) is 14.4. The molecule has 0 aliphatic carbocycles. The zero-order valence-electron chi connectivity index (χ0n) is 13.6.